The monoisotopic (exact) mass is 494 g/mol. The summed E-state index contributed by atoms with van der Waals surface area (Å²) in [5.74, 6) is -0.251. The highest BCUT2D eigenvalue weighted by Gasteiger charge is 2.47. The number of nitrogens with zero attached hydrogens (tertiary/aromatic N) is 2. The Labute approximate surface area is 214 Å². The third-order valence-electron chi connectivity index (χ3n) is 7.40. The number of carbonyl (C=O) groups excluding carboxylic acids is 2. The van der Waals surface area contributed by atoms with Crippen LogP contribution in [0.5, 0.6) is 11.5 Å². The highest BCUT2D eigenvalue weighted by atomic mass is 16.6. The molecule has 0 saturated carbocycles. The Kier molecular flexibility index (Phi) is 7.59. The molecule has 36 heavy (non-hydrogen) atoms. The molecule has 1 aromatic rings. The molecule has 1 amide bonds. The molecule has 2 aliphatic heterocycles. The summed E-state index contributed by atoms with van der Waals surface area (Å²) in [5, 5.41) is 11.4. The Hall–Kier alpha value is -3.06. The average molecular weight is 495 g/mol. The van der Waals surface area contributed by atoms with Crippen molar-refractivity contribution in [1.29, 1.82) is 0 Å². The van der Waals surface area contributed by atoms with Crippen molar-refractivity contribution < 1.29 is 24.2 Å². The zero-order valence-electron chi connectivity index (χ0n) is 22.1. The van der Waals surface area contributed by atoms with E-state index >= 15 is 0 Å². The van der Waals surface area contributed by atoms with E-state index in [2.05, 4.69) is 45.6 Å². The highest BCUT2D eigenvalue weighted by Crippen LogP contribution is 2.40. The van der Waals surface area contributed by atoms with Crippen LogP contribution in [0.25, 0.3) is 5.76 Å². The molecule has 7 heteroatoms. The molecule has 0 radical (unpaired) electrons. The number of hydrogen-bond acceptors (Lipinski definition) is 6. The van der Waals surface area contributed by atoms with Crippen molar-refractivity contribution >= 4 is 17.4 Å². The van der Waals surface area contributed by atoms with Crippen molar-refractivity contribution in [2.75, 3.05) is 39.4 Å². The lowest BCUT2D eigenvalue weighted by Crippen LogP contribution is -2.41. The van der Waals surface area contributed by atoms with Crippen LogP contribution < -0.4 is 9.47 Å². The minimum absolute atomic E-state index is 0.0534. The Morgan fingerprint density at radius 3 is 2.36 bits per heavy atom. The third-order valence-corrected chi connectivity index (χ3v) is 7.40. The Morgan fingerprint density at radius 2 is 1.75 bits per heavy atom. The average Bonchev–Trinajstić information content (AvgIpc) is 3.13. The smallest absolute Gasteiger partial charge is 0.295 e. The topological polar surface area (TPSA) is 79.3 Å². The molecule has 7 nitrogen and oxygen atoms in total. The van der Waals surface area contributed by atoms with Crippen molar-refractivity contribution in [3.63, 3.8) is 0 Å². The number of ether oxygens (including phenoxy) is 2. The van der Waals surface area contributed by atoms with Gasteiger partial charge in [-0.3, -0.25) is 9.59 Å². The van der Waals surface area contributed by atoms with Gasteiger partial charge in [0.25, 0.3) is 11.7 Å². The van der Waals surface area contributed by atoms with Crippen LogP contribution in [0.4, 0.5) is 0 Å². The number of fused-ring (bicyclic) bond motifs is 1. The van der Waals surface area contributed by atoms with Gasteiger partial charge >= 0.3 is 0 Å². The van der Waals surface area contributed by atoms with Gasteiger partial charge in [0.05, 0.1) is 11.6 Å². The number of likely N-dealkylation sites (tertiary alicyclic amines) is 1. The molecule has 0 bridgehead atoms. The summed E-state index contributed by atoms with van der Waals surface area (Å²) in [5.41, 5.74) is 2.94. The summed E-state index contributed by atoms with van der Waals surface area (Å²) in [6.45, 7) is 14.4. The summed E-state index contributed by atoms with van der Waals surface area (Å²) in [6, 6.07) is 4.52. The minimum Gasteiger partial charge on any atom is -0.507 e. The van der Waals surface area contributed by atoms with Crippen molar-refractivity contribution in [1.82, 2.24) is 9.80 Å². The predicted octanol–water partition coefficient (Wildman–Crippen LogP) is 4.54. The first-order valence-corrected chi connectivity index (χ1v) is 13.0. The summed E-state index contributed by atoms with van der Waals surface area (Å²) in [6.07, 6.45) is 5.75. The Bertz CT molecular complexity index is 1120. The fourth-order valence-corrected chi connectivity index (χ4v) is 5.14. The van der Waals surface area contributed by atoms with Crippen molar-refractivity contribution in [3.05, 3.63) is 52.6 Å². The van der Waals surface area contributed by atoms with Crippen molar-refractivity contribution in [2.45, 2.75) is 53.5 Å². The van der Waals surface area contributed by atoms with Gasteiger partial charge in [-0.1, -0.05) is 52.3 Å². The number of Topliss-reactive ketones (excluding diaryl/α,β-unsaturated/α-hetero) is 1. The molecule has 0 aromatic heterocycles. The number of benzene rings is 1. The molecule has 1 unspecified atom stereocenters. The molecule has 1 fully saturated rings. The van der Waals surface area contributed by atoms with Crippen LogP contribution in [0.15, 0.2) is 47.1 Å². The fraction of sp³-hybridized carbons (Fsp3) is 0.517. The van der Waals surface area contributed by atoms with Gasteiger partial charge in [0, 0.05) is 18.7 Å². The molecule has 0 spiro atoms. The summed E-state index contributed by atoms with van der Waals surface area (Å²) in [4.78, 5) is 30.5. The molecule has 1 aliphatic carbocycles. The fourth-order valence-electron chi connectivity index (χ4n) is 5.14. The number of rotatable bonds is 7. The van der Waals surface area contributed by atoms with Gasteiger partial charge in [0.2, 0.25) is 0 Å². The number of ketones is 1. The largest absolute Gasteiger partial charge is 0.507 e. The van der Waals surface area contributed by atoms with Gasteiger partial charge in [-0.05, 0) is 55.1 Å². The first-order chi connectivity index (χ1) is 17.2. The molecule has 2 heterocycles. The van der Waals surface area contributed by atoms with Crippen LogP contribution in [0.3, 0.4) is 0 Å². The molecule has 1 aromatic carbocycles. The van der Waals surface area contributed by atoms with Crippen LogP contribution in [0, 0.1) is 5.41 Å². The van der Waals surface area contributed by atoms with Crippen molar-refractivity contribution in [3.8, 4) is 11.5 Å². The van der Waals surface area contributed by atoms with Gasteiger partial charge in [-0.25, -0.2) is 0 Å². The molecular formula is C29H38N2O5. The van der Waals surface area contributed by atoms with Crippen LogP contribution in [0.2, 0.25) is 0 Å². The normalized spacial score (nSPS) is 21.6. The standard InChI is InChI=1S/C29H38N2O5/c1-6-30(7-2)14-15-31-25(19-8-11-21(12-9-19)29(3,4)5)24(27(33)28(31)34)26(32)20-10-13-22-23(18-20)36-17-16-35-22/h8,10-11,13,18,25,32H,6-7,9,12,14-17H2,1-5H3/b26-24+. The number of hydrogen-bond donors (Lipinski definition) is 1. The lowest BCUT2D eigenvalue weighted by atomic mass is 9.78. The second-order valence-corrected chi connectivity index (χ2v) is 10.6. The summed E-state index contributed by atoms with van der Waals surface area (Å²) in [7, 11) is 0. The minimum atomic E-state index is -0.640. The van der Waals surface area contributed by atoms with Gasteiger partial charge in [0.1, 0.15) is 19.0 Å². The van der Waals surface area contributed by atoms with E-state index < -0.39 is 17.7 Å². The lowest BCUT2D eigenvalue weighted by Gasteiger charge is -2.32. The number of aliphatic hydroxyl groups is 1. The molecular weight excluding hydrogens is 456 g/mol. The molecule has 3 aliphatic rings. The van der Waals surface area contributed by atoms with E-state index in [0.717, 1.165) is 31.5 Å². The second kappa shape index (κ2) is 10.5. The van der Waals surface area contributed by atoms with Gasteiger partial charge in [0.15, 0.2) is 11.5 Å². The van der Waals surface area contributed by atoms with E-state index in [-0.39, 0.29) is 16.7 Å². The molecule has 1 saturated heterocycles. The zero-order chi connectivity index (χ0) is 26.0. The quantitative estimate of drug-likeness (QED) is 0.341. The van der Waals surface area contributed by atoms with Crippen LogP contribution in [-0.2, 0) is 9.59 Å². The molecule has 1 N–H and O–H groups in total. The van der Waals surface area contributed by atoms with E-state index in [1.54, 1.807) is 23.1 Å². The van der Waals surface area contributed by atoms with E-state index in [0.29, 0.717) is 43.4 Å². The van der Waals surface area contributed by atoms with E-state index in [1.165, 1.54) is 5.57 Å². The molecule has 4 rings (SSSR count). The number of allylic oxidation sites excluding steroid dienone is 3. The SMILES string of the molecule is CCN(CC)CCN1C(=O)C(=O)/C(=C(/O)c2ccc3c(c2)OCCO3)C1C1=CC=C(C(C)(C)C)CC1. The maximum Gasteiger partial charge on any atom is 0.295 e. The highest BCUT2D eigenvalue weighted by molar-refractivity contribution is 6.47. The number of carbonyl (C=O) groups is 2. The predicted molar refractivity (Wildman–Crippen MR) is 140 cm³/mol. The van der Waals surface area contributed by atoms with E-state index in [1.807, 2.05) is 6.08 Å². The third kappa shape index (κ3) is 5.07. The van der Waals surface area contributed by atoms with Gasteiger partial charge in [-0.2, -0.15) is 0 Å². The van der Waals surface area contributed by atoms with E-state index in [4.69, 9.17) is 9.47 Å². The summed E-state index contributed by atoms with van der Waals surface area (Å²) < 4.78 is 11.3. The number of aliphatic hydroxyl groups excluding tert-OH is 1. The number of amides is 1. The first kappa shape index (κ1) is 26.0. The van der Waals surface area contributed by atoms with E-state index in [9.17, 15) is 14.7 Å². The first-order valence-electron chi connectivity index (χ1n) is 13.0. The van der Waals surface area contributed by atoms with Crippen LogP contribution in [0.1, 0.15) is 53.0 Å². The second-order valence-electron chi connectivity index (χ2n) is 10.6. The maximum absolute atomic E-state index is 13.4. The van der Waals surface area contributed by atoms with Gasteiger partial charge < -0.3 is 24.4 Å². The summed E-state index contributed by atoms with van der Waals surface area (Å²) >= 11 is 0. The zero-order valence-corrected chi connectivity index (χ0v) is 22.1. The molecule has 1 atom stereocenters. The number of likely N-dealkylation sites (N-methyl/N-ethyl adjacent to an activating group) is 1. The van der Waals surface area contributed by atoms with Crippen LogP contribution >= 0.6 is 0 Å². The maximum atomic E-state index is 13.4. The molecule has 194 valence electrons. The Balaban J connectivity index is 1.77. The van der Waals surface area contributed by atoms with Gasteiger partial charge in [-0.15, -0.1) is 0 Å². The Morgan fingerprint density at radius 1 is 1.06 bits per heavy atom. The van der Waals surface area contributed by atoms with Crippen LogP contribution in [-0.4, -0.2) is 72.0 Å². The lowest BCUT2D eigenvalue weighted by molar-refractivity contribution is -0.139. The van der Waals surface area contributed by atoms with Crippen molar-refractivity contribution in [2.24, 2.45) is 5.41 Å².